The molecular formula is C21H15Cl2N3O2S. The summed E-state index contributed by atoms with van der Waals surface area (Å²) in [4.78, 5) is 0.0330. The molecule has 0 saturated heterocycles. The molecule has 4 aromatic rings. The molecule has 0 spiro atoms. The Morgan fingerprint density at radius 1 is 0.862 bits per heavy atom. The average molecular weight is 444 g/mol. The molecule has 0 bridgehead atoms. The van der Waals surface area contributed by atoms with Crippen molar-refractivity contribution in [3.05, 3.63) is 88.9 Å². The second kappa shape index (κ2) is 7.65. The molecule has 1 heterocycles. The van der Waals surface area contributed by atoms with Crippen LogP contribution in [0.1, 0.15) is 0 Å². The summed E-state index contributed by atoms with van der Waals surface area (Å²) in [6, 6.07) is 23.0. The summed E-state index contributed by atoms with van der Waals surface area (Å²) in [5.74, 6) is 0. The summed E-state index contributed by atoms with van der Waals surface area (Å²) < 4.78 is 24.8. The lowest BCUT2D eigenvalue weighted by Gasteiger charge is -2.09. The summed E-state index contributed by atoms with van der Waals surface area (Å²) in [6.07, 6.45) is 0. The third kappa shape index (κ3) is 4.06. The topological polar surface area (TPSA) is 78.0 Å². The second-order valence-electron chi connectivity index (χ2n) is 6.35. The van der Waals surface area contributed by atoms with Gasteiger partial charge in [0.2, 0.25) is 10.0 Å². The fourth-order valence-electron chi connectivity index (χ4n) is 2.98. The minimum atomic E-state index is -3.78. The molecule has 0 fully saturated rings. The van der Waals surface area contributed by atoms with Crippen LogP contribution < -0.4 is 5.14 Å². The van der Waals surface area contributed by atoms with E-state index in [4.69, 9.17) is 33.4 Å². The lowest BCUT2D eigenvalue weighted by molar-refractivity contribution is 0.598. The molecule has 5 nitrogen and oxygen atoms in total. The van der Waals surface area contributed by atoms with E-state index in [-0.39, 0.29) is 4.90 Å². The molecule has 0 aliphatic rings. The lowest BCUT2D eigenvalue weighted by atomic mass is 10.1. The summed E-state index contributed by atoms with van der Waals surface area (Å²) in [5.41, 5.74) is 3.86. The molecule has 0 radical (unpaired) electrons. The van der Waals surface area contributed by atoms with Crippen molar-refractivity contribution in [1.82, 2.24) is 9.78 Å². The van der Waals surface area contributed by atoms with Gasteiger partial charge in [0.05, 0.1) is 22.0 Å². The van der Waals surface area contributed by atoms with Crippen LogP contribution in [0.2, 0.25) is 10.0 Å². The van der Waals surface area contributed by atoms with Crippen LogP contribution in [0.15, 0.2) is 83.8 Å². The number of sulfonamides is 1. The predicted molar refractivity (Wildman–Crippen MR) is 116 cm³/mol. The van der Waals surface area contributed by atoms with Crippen molar-refractivity contribution in [2.75, 3.05) is 0 Å². The summed E-state index contributed by atoms with van der Waals surface area (Å²) in [6.45, 7) is 0. The molecule has 8 heteroatoms. The number of nitrogens with zero attached hydrogens (tertiary/aromatic N) is 2. The highest BCUT2D eigenvalue weighted by atomic mass is 35.5. The molecular weight excluding hydrogens is 429 g/mol. The summed E-state index contributed by atoms with van der Waals surface area (Å²) in [5, 5.41) is 11.1. The van der Waals surface area contributed by atoms with E-state index >= 15 is 0 Å². The Morgan fingerprint density at radius 3 is 2.14 bits per heavy atom. The first kappa shape index (κ1) is 19.7. The van der Waals surface area contributed by atoms with Crippen molar-refractivity contribution in [2.45, 2.75) is 4.90 Å². The van der Waals surface area contributed by atoms with Crippen molar-refractivity contribution >= 4 is 33.2 Å². The fraction of sp³-hybridized carbons (Fsp3) is 0. The summed E-state index contributed by atoms with van der Waals surface area (Å²) >= 11 is 12.4. The van der Waals surface area contributed by atoms with Crippen LogP contribution in [0.5, 0.6) is 0 Å². The molecule has 0 amide bonds. The zero-order chi connectivity index (χ0) is 20.6. The van der Waals surface area contributed by atoms with E-state index in [2.05, 4.69) is 0 Å². The molecule has 0 atom stereocenters. The van der Waals surface area contributed by atoms with Gasteiger partial charge in [-0.05, 0) is 48.5 Å². The van der Waals surface area contributed by atoms with Gasteiger partial charge in [0.1, 0.15) is 0 Å². The number of nitrogens with two attached hydrogens (primary N) is 1. The third-order valence-electron chi connectivity index (χ3n) is 4.41. The van der Waals surface area contributed by atoms with Crippen LogP contribution in [-0.4, -0.2) is 18.2 Å². The Hall–Kier alpha value is -2.64. The third-order valence-corrected chi connectivity index (χ3v) is 5.92. The minimum absolute atomic E-state index is 0.0330. The monoisotopic (exact) mass is 443 g/mol. The number of hydrogen-bond acceptors (Lipinski definition) is 3. The lowest BCUT2D eigenvalue weighted by Crippen LogP contribution is -2.12. The van der Waals surface area contributed by atoms with Gasteiger partial charge < -0.3 is 0 Å². The highest BCUT2D eigenvalue weighted by molar-refractivity contribution is 7.89. The van der Waals surface area contributed by atoms with E-state index in [1.807, 2.05) is 36.4 Å². The van der Waals surface area contributed by atoms with Gasteiger partial charge in [-0.1, -0.05) is 53.5 Å². The van der Waals surface area contributed by atoms with Crippen molar-refractivity contribution in [3.63, 3.8) is 0 Å². The number of aromatic nitrogens is 2. The van der Waals surface area contributed by atoms with Gasteiger partial charge in [-0.25, -0.2) is 18.2 Å². The van der Waals surface area contributed by atoms with Crippen LogP contribution in [0.4, 0.5) is 0 Å². The maximum absolute atomic E-state index is 11.6. The highest BCUT2D eigenvalue weighted by Crippen LogP contribution is 2.33. The first-order valence-corrected chi connectivity index (χ1v) is 10.9. The van der Waals surface area contributed by atoms with Gasteiger partial charge >= 0.3 is 0 Å². The average Bonchev–Trinajstić information content (AvgIpc) is 3.13. The van der Waals surface area contributed by atoms with E-state index < -0.39 is 10.0 Å². The molecule has 0 saturated carbocycles. The van der Waals surface area contributed by atoms with Gasteiger partial charge in [0.25, 0.3) is 0 Å². The van der Waals surface area contributed by atoms with E-state index in [9.17, 15) is 8.42 Å². The van der Waals surface area contributed by atoms with Gasteiger partial charge in [0, 0.05) is 21.2 Å². The Kier molecular flexibility index (Phi) is 5.19. The van der Waals surface area contributed by atoms with Crippen LogP contribution >= 0.6 is 23.2 Å². The van der Waals surface area contributed by atoms with Crippen LogP contribution in [0, 0.1) is 0 Å². The normalized spacial score (nSPS) is 11.6. The molecule has 0 aliphatic carbocycles. The zero-order valence-corrected chi connectivity index (χ0v) is 17.3. The number of benzene rings is 3. The SMILES string of the molecule is NS(=O)(=O)c1ccc(-n2nc(-c3ccc(Cl)cc3)cc2-c2ccccc2Cl)cc1. The van der Waals surface area contributed by atoms with Crippen molar-refractivity contribution < 1.29 is 8.42 Å². The Bertz CT molecular complexity index is 1280. The zero-order valence-electron chi connectivity index (χ0n) is 15.0. The number of halogens is 2. The van der Waals surface area contributed by atoms with Crippen LogP contribution in [0.25, 0.3) is 28.2 Å². The van der Waals surface area contributed by atoms with Crippen molar-refractivity contribution in [3.8, 4) is 28.2 Å². The van der Waals surface area contributed by atoms with Crippen molar-refractivity contribution in [2.24, 2.45) is 5.14 Å². The van der Waals surface area contributed by atoms with E-state index in [0.717, 1.165) is 22.5 Å². The first-order valence-electron chi connectivity index (χ1n) is 8.57. The van der Waals surface area contributed by atoms with Crippen LogP contribution in [-0.2, 0) is 10.0 Å². The molecule has 4 rings (SSSR count). The fourth-order valence-corrected chi connectivity index (χ4v) is 3.85. The largest absolute Gasteiger partial charge is 0.238 e. The number of hydrogen-bond donors (Lipinski definition) is 1. The molecule has 0 unspecified atom stereocenters. The minimum Gasteiger partial charge on any atom is -0.232 e. The maximum atomic E-state index is 11.6. The van der Waals surface area contributed by atoms with E-state index in [1.165, 1.54) is 12.1 Å². The highest BCUT2D eigenvalue weighted by Gasteiger charge is 2.16. The van der Waals surface area contributed by atoms with E-state index in [0.29, 0.717) is 15.7 Å². The number of primary sulfonamides is 1. The van der Waals surface area contributed by atoms with Gasteiger partial charge in [-0.2, -0.15) is 5.10 Å². The Morgan fingerprint density at radius 2 is 1.52 bits per heavy atom. The van der Waals surface area contributed by atoms with E-state index in [1.54, 1.807) is 35.0 Å². The maximum Gasteiger partial charge on any atom is 0.238 e. The molecule has 1 aromatic heterocycles. The molecule has 2 N–H and O–H groups in total. The van der Waals surface area contributed by atoms with Crippen molar-refractivity contribution in [1.29, 1.82) is 0 Å². The Labute approximate surface area is 178 Å². The van der Waals surface area contributed by atoms with Gasteiger partial charge in [-0.3, -0.25) is 0 Å². The molecule has 146 valence electrons. The number of rotatable bonds is 4. The standard InChI is InChI=1S/C21H15Cl2N3O2S/c22-15-7-5-14(6-8-15)20-13-21(18-3-1-2-4-19(18)23)26(25-20)16-9-11-17(12-10-16)29(24,27)28/h1-13H,(H2,24,27,28). The molecule has 3 aromatic carbocycles. The van der Waals surface area contributed by atoms with Gasteiger partial charge in [-0.15, -0.1) is 0 Å². The second-order valence-corrected chi connectivity index (χ2v) is 8.76. The van der Waals surface area contributed by atoms with Crippen LogP contribution in [0.3, 0.4) is 0 Å². The predicted octanol–water partition coefficient (Wildman–Crippen LogP) is 5.16. The molecule has 0 aliphatic heterocycles. The first-order chi connectivity index (χ1) is 13.8. The summed E-state index contributed by atoms with van der Waals surface area (Å²) in [7, 11) is -3.78. The van der Waals surface area contributed by atoms with Gasteiger partial charge in [0.15, 0.2) is 0 Å². The quantitative estimate of drug-likeness (QED) is 0.472. The Balaban J connectivity index is 1.89. The smallest absolute Gasteiger partial charge is 0.232 e. The molecule has 29 heavy (non-hydrogen) atoms.